The molecular weight excluding hydrogens is 286 g/mol. The van der Waals surface area contributed by atoms with E-state index in [0.29, 0.717) is 18.3 Å². The van der Waals surface area contributed by atoms with Crippen LogP contribution in [0.5, 0.6) is 0 Å². The average Bonchev–Trinajstić information content (AvgIpc) is 3.46. The normalized spacial score (nSPS) is 26.1. The average molecular weight is 307 g/mol. The van der Waals surface area contributed by atoms with Crippen molar-refractivity contribution in [2.45, 2.75) is 56.1 Å². The summed E-state index contributed by atoms with van der Waals surface area (Å²) in [5.41, 5.74) is 4.63. The highest BCUT2D eigenvalue weighted by Gasteiger charge is 2.35. The maximum atomic E-state index is 10.5. The third-order valence-electron chi connectivity index (χ3n) is 5.28. The topological polar surface area (TPSA) is 58.0 Å². The number of nitrogens with one attached hydrogen (secondary N) is 1. The molecule has 2 N–H and O–H groups in total. The van der Waals surface area contributed by atoms with Crippen molar-refractivity contribution in [3.05, 3.63) is 53.0 Å². The van der Waals surface area contributed by atoms with Gasteiger partial charge in [-0.15, -0.1) is 0 Å². The maximum Gasteiger partial charge on any atom is 0.148 e. The molecule has 5 rings (SSSR count). The van der Waals surface area contributed by atoms with E-state index in [9.17, 15) is 5.11 Å². The summed E-state index contributed by atoms with van der Waals surface area (Å²) in [5, 5.41) is 14.0. The van der Waals surface area contributed by atoms with Crippen molar-refractivity contribution < 1.29 is 5.11 Å². The first-order valence-corrected chi connectivity index (χ1v) is 8.69. The molecule has 0 aliphatic heterocycles. The van der Waals surface area contributed by atoms with E-state index >= 15 is 0 Å². The van der Waals surface area contributed by atoms with Crippen molar-refractivity contribution in [3.8, 4) is 0 Å². The Balaban J connectivity index is 1.50. The van der Waals surface area contributed by atoms with Gasteiger partial charge in [0.25, 0.3) is 0 Å². The lowest BCUT2D eigenvalue weighted by Crippen LogP contribution is -2.23. The zero-order valence-corrected chi connectivity index (χ0v) is 13.1. The molecule has 2 saturated carbocycles. The Bertz CT molecular complexity index is 752. The van der Waals surface area contributed by atoms with Crippen LogP contribution < -0.4 is 5.32 Å². The second-order valence-electron chi connectivity index (χ2n) is 7.17. The molecule has 4 heteroatoms. The van der Waals surface area contributed by atoms with Crippen LogP contribution in [0.1, 0.15) is 66.1 Å². The predicted molar refractivity (Wildman–Crippen MR) is 88.5 cm³/mol. The molecule has 4 nitrogen and oxygen atoms in total. The molecule has 1 heterocycles. The fourth-order valence-electron chi connectivity index (χ4n) is 3.64. The van der Waals surface area contributed by atoms with Crippen molar-refractivity contribution in [2.24, 2.45) is 0 Å². The minimum absolute atomic E-state index is 0.0764. The van der Waals surface area contributed by atoms with Gasteiger partial charge in [0, 0.05) is 24.5 Å². The Morgan fingerprint density at radius 3 is 2.61 bits per heavy atom. The summed E-state index contributed by atoms with van der Waals surface area (Å²) in [5.74, 6) is 2.04. The van der Waals surface area contributed by atoms with E-state index < -0.39 is 6.10 Å². The maximum absolute atomic E-state index is 10.5. The third kappa shape index (κ3) is 2.41. The van der Waals surface area contributed by atoms with E-state index in [2.05, 4.69) is 17.4 Å². The zero-order valence-electron chi connectivity index (χ0n) is 13.1. The van der Waals surface area contributed by atoms with Crippen molar-refractivity contribution in [3.63, 3.8) is 0 Å². The van der Waals surface area contributed by atoms with Gasteiger partial charge in [-0.1, -0.05) is 24.3 Å². The summed E-state index contributed by atoms with van der Waals surface area (Å²) < 4.78 is 0. The molecule has 2 aromatic rings. The van der Waals surface area contributed by atoms with Gasteiger partial charge in [-0.2, -0.15) is 0 Å². The summed E-state index contributed by atoms with van der Waals surface area (Å²) >= 11 is 0. The molecule has 118 valence electrons. The molecule has 2 fully saturated rings. The highest BCUT2D eigenvalue weighted by atomic mass is 16.3. The van der Waals surface area contributed by atoms with Gasteiger partial charge >= 0.3 is 0 Å². The molecule has 3 aliphatic carbocycles. The van der Waals surface area contributed by atoms with Gasteiger partial charge in [-0.3, -0.25) is 4.98 Å². The van der Waals surface area contributed by atoms with Gasteiger partial charge in [-0.05, 0) is 36.8 Å². The van der Waals surface area contributed by atoms with Crippen LogP contribution in [0.15, 0.2) is 30.5 Å². The van der Waals surface area contributed by atoms with Crippen LogP contribution in [0.25, 0.3) is 0 Å². The minimum atomic E-state index is -0.397. The van der Waals surface area contributed by atoms with Gasteiger partial charge in [0.05, 0.1) is 23.5 Å². The van der Waals surface area contributed by atoms with E-state index in [4.69, 9.17) is 9.97 Å². The predicted octanol–water partition coefficient (Wildman–Crippen LogP) is 3.30. The summed E-state index contributed by atoms with van der Waals surface area (Å²) in [6.45, 7) is 0. The van der Waals surface area contributed by atoms with Crippen LogP contribution in [0.2, 0.25) is 0 Å². The lowest BCUT2D eigenvalue weighted by Gasteiger charge is -2.20. The Morgan fingerprint density at radius 1 is 1.04 bits per heavy atom. The number of benzene rings is 1. The van der Waals surface area contributed by atoms with Gasteiger partial charge < -0.3 is 10.4 Å². The van der Waals surface area contributed by atoms with E-state index in [0.717, 1.165) is 17.2 Å². The molecular formula is C19H21N3O. The van der Waals surface area contributed by atoms with E-state index in [1.54, 1.807) is 0 Å². The zero-order chi connectivity index (χ0) is 15.4. The van der Waals surface area contributed by atoms with Crippen molar-refractivity contribution in [1.82, 2.24) is 9.97 Å². The molecule has 0 bridgehead atoms. The molecule has 2 atom stereocenters. The second-order valence-corrected chi connectivity index (χ2v) is 7.17. The van der Waals surface area contributed by atoms with E-state index in [1.165, 1.54) is 36.8 Å². The minimum Gasteiger partial charge on any atom is -0.390 e. The van der Waals surface area contributed by atoms with Gasteiger partial charge in [0.15, 0.2) is 0 Å². The first-order chi connectivity index (χ1) is 11.3. The van der Waals surface area contributed by atoms with Crippen LogP contribution in [-0.4, -0.2) is 21.2 Å². The third-order valence-corrected chi connectivity index (χ3v) is 5.28. The van der Waals surface area contributed by atoms with Crippen molar-refractivity contribution >= 4 is 5.82 Å². The molecule has 0 spiro atoms. The van der Waals surface area contributed by atoms with Crippen LogP contribution in [0, 0.1) is 0 Å². The Kier molecular flexibility index (Phi) is 2.95. The Hall–Kier alpha value is -1.94. The fraction of sp³-hybridized carbons (Fsp3) is 0.474. The lowest BCUT2D eigenvalue weighted by molar-refractivity contribution is 0.165. The summed E-state index contributed by atoms with van der Waals surface area (Å²) in [7, 11) is 0. The number of aliphatic hydroxyl groups is 1. The van der Waals surface area contributed by atoms with Crippen LogP contribution >= 0.6 is 0 Å². The summed E-state index contributed by atoms with van der Waals surface area (Å²) in [6, 6.07) is 8.22. The quantitative estimate of drug-likeness (QED) is 0.910. The smallest absolute Gasteiger partial charge is 0.148 e. The molecule has 3 aliphatic rings. The van der Waals surface area contributed by atoms with Crippen molar-refractivity contribution in [1.29, 1.82) is 0 Å². The van der Waals surface area contributed by atoms with Crippen molar-refractivity contribution in [2.75, 3.05) is 5.32 Å². The van der Waals surface area contributed by atoms with Gasteiger partial charge in [0.2, 0.25) is 0 Å². The Labute approximate surface area is 136 Å². The van der Waals surface area contributed by atoms with Crippen LogP contribution in [0.3, 0.4) is 0 Å². The standard InChI is InChI=1S/C19H21N3O/c23-16-9-13-3-1-2-4-14(13)18(16)22-19-17(12-7-8-12)20-10-15(21-19)11-5-6-11/h1-4,10-12,16,18,23H,5-9H2,(H,21,22). The highest BCUT2D eigenvalue weighted by Crippen LogP contribution is 2.45. The monoisotopic (exact) mass is 307 g/mol. The fourth-order valence-corrected chi connectivity index (χ4v) is 3.64. The number of aromatic nitrogens is 2. The molecule has 0 radical (unpaired) electrons. The molecule has 1 aromatic heterocycles. The number of hydrogen-bond acceptors (Lipinski definition) is 4. The molecule has 23 heavy (non-hydrogen) atoms. The summed E-state index contributed by atoms with van der Waals surface area (Å²) in [6.07, 6.45) is 7.15. The van der Waals surface area contributed by atoms with Crippen LogP contribution in [0.4, 0.5) is 5.82 Å². The molecule has 0 saturated heterocycles. The molecule has 0 amide bonds. The number of nitrogens with zero attached hydrogens (tertiary/aromatic N) is 2. The highest BCUT2D eigenvalue weighted by molar-refractivity contribution is 5.50. The second kappa shape index (κ2) is 5.03. The number of aliphatic hydroxyl groups excluding tert-OH is 1. The SMILES string of the molecule is OC1Cc2ccccc2C1Nc1nc(C2CC2)cnc1C1CC1. The first kappa shape index (κ1) is 13.5. The molecule has 1 aromatic carbocycles. The van der Waals surface area contributed by atoms with E-state index in [-0.39, 0.29) is 6.04 Å². The molecule has 2 unspecified atom stereocenters. The summed E-state index contributed by atoms with van der Waals surface area (Å²) in [4.78, 5) is 9.60. The number of fused-ring (bicyclic) bond motifs is 1. The van der Waals surface area contributed by atoms with Crippen LogP contribution in [-0.2, 0) is 6.42 Å². The first-order valence-electron chi connectivity index (χ1n) is 8.69. The largest absolute Gasteiger partial charge is 0.390 e. The lowest BCUT2D eigenvalue weighted by atomic mass is 10.1. The number of anilines is 1. The Morgan fingerprint density at radius 2 is 1.83 bits per heavy atom. The number of rotatable bonds is 4. The van der Waals surface area contributed by atoms with Gasteiger partial charge in [0.1, 0.15) is 5.82 Å². The van der Waals surface area contributed by atoms with E-state index in [1.807, 2.05) is 18.3 Å². The number of hydrogen-bond donors (Lipinski definition) is 2. The van der Waals surface area contributed by atoms with Gasteiger partial charge in [-0.25, -0.2) is 4.98 Å².